The molecule has 6 heteroatoms. The molecule has 0 heterocycles. The molecule has 0 fully saturated rings. The first-order valence-corrected chi connectivity index (χ1v) is 6.77. The monoisotopic (exact) mass is 265 g/mol. The van der Waals surface area contributed by atoms with Crippen LogP contribution >= 0.6 is 7.75 Å². The summed E-state index contributed by atoms with van der Waals surface area (Å²) in [6, 6.07) is 16.9. The van der Waals surface area contributed by atoms with E-state index in [1.807, 2.05) is 0 Å². The predicted molar refractivity (Wildman–Crippen MR) is 66.7 cm³/mol. The molecule has 5 nitrogen and oxygen atoms in total. The van der Waals surface area contributed by atoms with E-state index < -0.39 is 7.75 Å². The molecule has 2 rings (SSSR count). The van der Waals surface area contributed by atoms with Crippen LogP contribution in [-0.4, -0.2) is 5.21 Å². The van der Waals surface area contributed by atoms with Gasteiger partial charge in [0.15, 0.2) is 0 Å². The van der Waals surface area contributed by atoms with E-state index in [9.17, 15) is 4.57 Å². The second-order valence-corrected chi connectivity index (χ2v) is 4.97. The highest BCUT2D eigenvalue weighted by molar-refractivity contribution is 7.52. The molecule has 0 saturated carbocycles. The van der Waals surface area contributed by atoms with Gasteiger partial charge in [-0.25, -0.2) is 4.57 Å². The first-order chi connectivity index (χ1) is 8.72. The van der Waals surface area contributed by atoms with Gasteiger partial charge in [0.1, 0.15) is 11.5 Å². The Morgan fingerprint density at radius 3 is 1.56 bits per heavy atom. The summed E-state index contributed by atoms with van der Waals surface area (Å²) in [5.41, 5.74) is 0. The van der Waals surface area contributed by atoms with E-state index in [2.05, 4.69) is 0 Å². The summed E-state index contributed by atoms with van der Waals surface area (Å²) in [7, 11) is -3.84. The molecule has 0 aliphatic carbocycles. The van der Waals surface area contributed by atoms with Crippen molar-refractivity contribution in [1.29, 1.82) is 0 Å². The van der Waals surface area contributed by atoms with Crippen molar-refractivity contribution in [3.8, 4) is 11.5 Å². The summed E-state index contributed by atoms with van der Waals surface area (Å²) in [4.78, 5) is 0. The van der Waals surface area contributed by atoms with Crippen LogP contribution in [0.5, 0.6) is 11.5 Å². The molecular weight excluding hydrogens is 253 g/mol. The summed E-state index contributed by atoms with van der Waals surface area (Å²) < 4.78 is 22.4. The van der Waals surface area contributed by atoms with Crippen molar-refractivity contribution in [1.82, 2.24) is 5.25 Å². The van der Waals surface area contributed by atoms with Crippen LogP contribution in [0, 0.1) is 0 Å². The smallest absolute Gasteiger partial charge is 0.403 e. The van der Waals surface area contributed by atoms with Crippen LogP contribution < -0.4 is 14.3 Å². The van der Waals surface area contributed by atoms with Gasteiger partial charge in [-0.3, -0.25) is 0 Å². The Morgan fingerprint density at radius 2 is 1.22 bits per heavy atom. The Kier molecular flexibility index (Phi) is 3.99. The van der Waals surface area contributed by atoms with Crippen molar-refractivity contribution in [3.05, 3.63) is 60.7 Å². The standard InChI is InChI=1S/C12H12NO4P/c14-13-18(15,16-11-7-3-1-4-8-11)17-12-9-5-2-6-10-12/h1-10,14H,(H,13,15). The lowest BCUT2D eigenvalue weighted by atomic mass is 10.3. The second kappa shape index (κ2) is 5.69. The molecule has 94 valence electrons. The van der Waals surface area contributed by atoms with Gasteiger partial charge in [-0.2, -0.15) is 0 Å². The van der Waals surface area contributed by atoms with Crippen LogP contribution in [-0.2, 0) is 4.57 Å². The van der Waals surface area contributed by atoms with Crippen LogP contribution in [0.25, 0.3) is 0 Å². The predicted octanol–water partition coefficient (Wildman–Crippen LogP) is 3.23. The minimum atomic E-state index is -3.84. The third-order valence-corrected chi connectivity index (χ3v) is 3.21. The second-order valence-electron chi connectivity index (χ2n) is 3.41. The minimum Gasteiger partial charge on any atom is -0.403 e. The van der Waals surface area contributed by atoms with E-state index in [1.165, 1.54) is 0 Å². The van der Waals surface area contributed by atoms with Gasteiger partial charge in [-0.05, 0) is 24.3 Å². The Morgan fingerprint density at radius 1 is 0.833 bits per heavy atom. The van der Waals surface area contributed by atoms with E-state index in [0.29, 0.717) is 11.5 Å². The number of benzene rings is 2. The van der Waals surface area contributed by atoms with Gasteiger partial charge >= 0.3 is 7.75 Å². The Labute approximate surface area is 105 Å². The lowest BCUT2D eigenvalue weighted by molar-refractivity contribution is 0.200. The van der Waals surface area contributed by atoms with Crippen LogP contribution in [0.15, 0.2) is 60.7 Å². The fourth-order valence-electron chi connectivity index (χ4n) is 1.30. The number of para-hydroxylation sites is 2. The van der Waals surface area contributed by atoms with Crippen LogP contribution in [0.3, 0.4) is 0 Å². The Bertz CT molecular complexity index is 487. The van der Waals surface area contributed by atoms with Crippen molar-refractivity contribution in [2.75, 3.05) is 0 Å². The number of hydrogen-bond acceptors (Lipinski definition) is 4. The molecule has 0 aromatic heterocycles. The lowest BCUT2D eigenvalue weighted by Gasteiger charge is -2.17. The Hall–Kier alpha value is -1.81. The van der Waals surface area contributed by atoms with Gasteiger partial charge in [-0.15, -0.1) is 0 Å². The normalized spacial score (nSPS) is 10.9. The van der Waals surface area contributed by atoms with Gasteiger partial charge in [0, 0.05) is 0 Å². The molecule has 0 bridgehead atoms. The lowest BCUT2D eigenvalue weighted by Crippen LogP contribution is -2.14. The first kappa shape index (κ1) is 12.6. The highest BCUT2D eigenvalue weighted by Gasteiger charge is 2.27. The molecule has 0 unspecified atom stereocenters. The zero-order valence-corrected chi connectivity index (χ0v) is 10.3. The zero-order chi connectivity index (χ0) is 12.8. The van der Waals surface area contributed by atoms with Crippen molar-refractivity contribution < 1.29 is 18.8 Å². The molecule has 0 spiro atoms. The molecule has 2 N–H and O–H groups in total. The molecule has 2 aromatic rings. The molecule has 0 amide bonds. The maximum atomic E-state index is 12.1. The van der Waals surface area contributed by atoms with Gasteiger partial charge in [0.25, 0.3) is 0 Å². The summed E-state index contributed by atoms with van der Waals surface area (Å²) in [5.74, 6) is 0.664. The van der Waals surface area contributed by atoms with E-state index in [4.69, 9.17) is 14.3 Å². The summed E-state index contributed by atoms with van der Waals surface area (Å²) in [5, 5.41) is 10.5. The van der Waals surface area contributed by atoms with Crippen molar-refractivity contribution >= 4 is 7.75 Å². The molecule has 0 radical (unpaired) electrons. The molecule has 0 saturated heterocycles. The number of hydrogen-bond donors (Lipinski definition) is 2. The van der Waals surface area contributed by atoms with Crippen molar-refractivity contribution in [3.63, 3.8) is 0 Å². The maximum absolute atomic E-state index is 12.1. The van der Waals surface area contributed by atoms with Gasteiger partial charge in [0.2, 0.25) is 0 Å². The number of rotatable bonds is 5. The quantitative estimate of drug-likeness (QED) is 0.641. The summed E-state index contributed by atoms with van der Waals surface area (Å²) in [6.07, 6.45) is 0. The van der Waals surface area contributed by atoms with Crippen molar-refractivity contribution in [2.24, 2.45) is 0 Å². The fraction of sp³-hybridized carbons (Fsp3) is 0. The third-order valence-electron chi connectivity index (χ3n) is 2.06. The largest absolute Gasteiger partial charge is 0.536 e. The van der Waals surface area contributed by atoms with Crippen LogP contribution in [0.4, 0.5) is 0 Å². The zero-order valence-electron chi connectivity index (χ0n) is 9.39. The average molecular weight is 265 g/mol. The first-order valence-electron chi connectivity index (χ1n) is 5.22. The average Bonchev–Trinajstić information content (AvgIpc) is 2.41. The molecule has 0 atom stereocenters. The summed E-state index contributed by atoms with van der Waals surface area (Å²) in [6.45, 7) is 0. The molecule has 18 heavy (non-hydrogen) atoms. The molecule has 0 aliphatic heterocycles. The van der Waals surface area contributed by atoms with E-state index in [0.717, 1.165) is 0 Å². The maximum Gasteiger partial charge on any atom is 0.536 e. The van der Waals surface area contributed by atoms with Crippen molar-refractivity contribution in [2.45, 2.75) is 0 Å². The SMILES string of the molecule is O=P(NO)(Oc1ccccc1)Oc1ccccc1. The third kappa shape index (κ3) is 3.34. The van der Waals surface area contributed by atoms with Crippen LogP contribution in [0.1, 0.15) is 0 Å². The minimum absolute atomic E-state index is 0.332. The highest BCUT2D eigenvalue weighted by atomic mass is 31.2. The van der Waals surface area contributed by atoms with Gasteiger partial charge < -0.3 is 14.3 Å². The summed E-state index contributed by atoms with van der Waals surface area (Å²) >= 11 is 0. The number of nitrogens with one attached hydrogen (secondary N) is 1. The van der Waals surface area contributed by atoms with E-state index >= 15 is 0 Å². The fourth-order valence-corrected chi connectivity index (χ4v) is 2.22. The van der Waals surface area contributed by atoms with Crippen LogP contribution in [0.2, 0.25) is 0 Å². The Balaban J connectivity index is 2.14. The van der Waals surface area contributed by atoms with E-state index in [-0.39, 0.29) is 0 Å². The molecule has 2 aromatic carbocycles. The van der Waals surface area contributed by atoms with Gasteiger partial charge in [-0.1, -0.05) is 41.6 Å². The topological polar surface area (TPSA) is 67.8 Å². The van der Waals surface area contributed by atoms with Gasteiger partial charge in [0.05, 0.1) is 0 Å². The van der Waals surface area contributed by atoms with E-state index in [1.54, 1.807) is 65.9 Å². The highest BCUT2D eigenvalue weighted by Crippen LogP contribution is 2.43. The molecular formula is C12H12NO4P. The molecule has 0 aliphatic rings.